The number of halogens is 1. The van der Waals surface area contributed by atoms with Crippen LogP contribution in [0.2, 0.25) is 5.02 Å². The smallest absolute Gasteiger partial charge is 0.237 e. The summed E-state index contributed by atoms with van der Waals surface area (Å²) >= 11 is 6.00. The molecule has 1 aliphatic heterocycles. The Bertz CT molecular complexity index is 919. The number of ether oxygens (including phenoxy) is 2. The Hall–Kier alpha value is -2.58. The molecule has 7 nitrogen and oxygen atoms in total. The van der Waals surface area contributed by atoms with Gasteiger partial charge in [0.15, 0.2) is 11.5 Å². The zero-order valence-corrected chi connectivity index (χ0v) is 16.0. The molecule has 1 aliphatic rings. The van der Waals surface area contributed by atoms with Crippen molar-refractivity contribution in [3.8, 4) is 11.5 Å². The third-order valence-corrected chi connectivity index (χ3v) is 5.27. The van der Waals surface area contributed by atoms with Crippen molar-refractivity contribution in [3.63, 3.8) is 0 Å². The molecule has 1 atom stereocenters. The molecule has 0 saturated carbocycles. The quantitative estimate of drug-likeness (QED) is 0.766. The Morgan fingerprint density at radius 3 is 2.26 bits per heavy atom. The topological polar surface area (TPSA) is 93.7 Å². The first-order chi connectivity index (χ1) is 12.9. The SMILES string of the molecule is Cc1ccc(NC(=O)C[S@](=O)CC(=O)Nc2ccc3c(c2)OCO3)cc1Cl. The van der Waals surface area contributed by atoms with Gasteiger partial charge in [0, 0.05) is 33.3 Å². The number of nitrogens with one attached hydrogen (secondary N) is 2. The molecular formula is C18H17ClN2O5S. The number of carbonyl (C=O) groups excluding carboxylic acids is 2. The standard InChI is InChI=1S/C18H17ClN2O5S/c1-11-2-3-12(6-14(11)19)20-17(22)8-27(24)9-18(23)21-13-4-5-15-16(7-13)26-10-25-15/h2-7H,8-10H2,1H3,(H,20,22)(H,21,23)/t27-/m0/s1. The highest BCUT2D eigenvalue weighted by molar-refractivity contribution is 7.86. The van der Waals surface area contributed by atoms with Crippen LogP contribution < -0.4 is 20.1 Å². The number of benzene rings is 2. The number of anilines is 2. The summed E-state index contributed by atoms with van der Waals surface area (Å²) in [6.07, 6.45) is 0. The van der Waals surface area contributed by atoms with E-state index in [4.69, 9.17) is 21.1 Å². The van der Waals surface area contributed by atoms with Crippen LogP contribution >= 0.6 is 11.6 Å². The number of aryl methyl sites for hydroxylation is 1. The van der Waals surface area contributed by atoms with Crippen LogP contribution in [0, 0.1) is 6.92 Å². The van der Waals surface area contributed by atoms with Crippen molar-refractivity contribution in [2.45, 2.75) is 6.92 Å². The second kappa shape index (κ2) is 8.41. The van der Waals surface area contributed by atoms with E-state index in [0.29, 0.717) is 27.9 Å². The average molecular weight is 409 g/mol. The van der Waals surface area contributed by atoms with E-state index in [9.17, 15) is 13.8 Å². The van der Waals surface area contributed by atoms with E-state index < -0.39 is 22.6 Å². The first kappa shape index (κ1) is 19.2. The van der Waals surface area contributed by atoms with Crippen molar-refractivity contribution in [2.75, 3.05) is 28.9 Å². The van der Waals surface area contributed by atoms with Crippen LogP contribution in [0.25, 0.3) is 0 Å². The molecule has 0 aromatic heterocycles. The van der Waals surface area contributed by atoms with Crippen LogP contribution in [0.15, 0.2) is 36.4 Å². The summed E-state index contributed by atoms with van der Waals surface area (Å²) in [7, 11) is -1.65. The summed E-state index contributed by atoms with van der Waals surface area (Å²) in [5, 5.41) is 5.76. The number of hydrogen-bond acceptors (Lipinski definition) is 5. The van der Waals surface area contributed by atoms with Gasteiger partial charge in [-0.05, 0) is 36.8 Å². The highest BCUT2D eigenvalue weighted by Gasteiger charge is 2.16. The maximum atomic E-state index is 12.1. The molecule has 2 N–H and O–H groups in total. The molecule has 0 saturated heterocycles. The van der Waals surface area contributed by atoms with Gasteiger partial charge < -0.3 is 20.1 Å². The van der Waals surface area contributed by atoms with Gasteiger partial charge >= 0.3 is 0 Å². The Labute approximate surface area is 163 Å². The van der Waals surface area contributed by atoms with Crippen molar-refractivity contribution in [1.82, 2.24) is 0 Å². The van der Waals surface area contributed by atoms with E-state index in [0.717, 1.165) is 5.56 Å². The van der Waals surface area contributed by atoms with E-state index in [2.05, 4.69) is 10.6 Å². The largest absolute Gasteiger partial charge is 0.454 e. The van der Waals surface area contributed by atoms with Gasteiger partial charge in [0.05, 0.1) is 0 Å². The lowest BCUT2D eigenvalue weighted by Crippen LogP contribution is -2.26. The summed E-state index contributed by atoms with van der Waals surface area (Å²) < 4.78 is 22.5. The average Bonchev–Trinajstić information content (AvgIpc) is 3.05. The molecule has 3 rings (SSSR count). The van der Waals surface area contributed by atoms with E-state index >= 15 is 0 Å². The third kappa shape index (κ3) is 5.21. The Kier molecular flexibility index (Phi) is 5.98. The van der Waals surface area contributed by atoms with Crippen molar-refractivity contribution < 1.29 is 23.3 Å². The number of carbonyl (C=O) groups is 2. The molecule has 0 radical (unpaired) electrons. The Morgan fingerprint density at radius 1 is 1.00 bits per heavy atom. The number of rotatable bonds is 6. The first-order valence-corrected chi connectivity index (χ1v) is 9.88. The van der Waals surface area contributed by atoms with Crippen LogP contribution in [0.5, 0.6) is 11.5 Å². The van der Waals surface area contributed by atoms with Gasteiger partial charge in [0.1, 0.15) is 11.5 Å². The highest BCUT2D eigenvalue weighted by atomic mass is 35.5. The molecule has 0 bridgehead atoms. The molecule has 0 unspecified atom stereocenters. The molecule has 0 aliphatic carbocycles. The normalized spacial score (nSPS) is 13.1. The second-order valence-corrected chi connectivity index (χ2v) is 7.72. The second-order valence-electron chi connectivity index (χ2n) is 5.86. The van der Waals surface area contributed by atoms with E-state index in [-0.39, 0.29) is 18.3 Å². The van der Waals surface area contributed by atoms with Crippen molar-refractivity contribution in [3.05, 3.63) is 47.0 Å². The minimum absolute atomic E-state index is 0.137. The minimum atomic E-state index is -1.65. The van der Waals surface area contributed by atoms with Crippen molar-refractivity contribution in [1.29, 1.82) is 0 Å². The van der Waals surface area contributed by atoms with Gasteiger partial charge in [-0.25, -0.2) is 0 Å². The third-order valence-electron chi connectivity index (χ3n) is 3.70. The summed E-state index contributed by atoms with van der Waals surface area (Å²) in [6, 6.07) is 10.0. The summed E-state index contributed by atoms with van der Waals surface area (Å²) in [5.41, 5.74) is 1.90. The fourth-order valence-electron chi connectivity index (χ4n) is 2.38. The van der Waals surface area contributed by atoms with Crippen LogP contribution in [0.1, 0.15) is 5.56 Å². The molecule has 142 valence electrons. The van der Waals surface area contributed by atoms with E-state index in [1.807, 2.05) is 6.92 Å². The number of fused-ring (bicyclic) bond motifs is 1. The monoisotopic (exact) mass is 408 g/mol. The van der Waals surface area contributed by atoms with Gasteiger partial charge in [0.2, 0.25) is 18.6 Å². The summed E-state index contributed by atoms with van der Waals surface area (Å²) in [5.74, 6) is -0.367. The molecule has 2 aromatic carbocycles. The van der Waals surface area contributed by atoms with Crippen LogP contribution in [0.4, 0.5) is 11.4 Å². The Balaban J connectivity index is 1.48. The van der Waals surface area contributed by atoms with Gasteiger partial charge in [-0.15, -0.1) is 0 Å². The molecule has 0 spiro atoms. The molecular weight excluding hydrogens is 392 g/mol. The molecule has 2 aromatic rings. The first-order valence-electron chi connectivity index (χ1n) is 8.01. The molecule has 0 fully saturated rings. The predicted molar refractivity (Wildman–Crippen MR) is 104 cm³/mol. The van der Waals surface area contributed by atoms with E-state index in [1.165, 1.54) is 0 Å². The lowest BCUT2D eigenvalue weighted by molar-refractivity contribution is -0.114. The van der Waals surface area contributed by atoms with Gasteiger partial charge in [-0.1, -0.05) is 17.7 Å². The maximum Gasteiger partial charge on any atom is 0.237 e. The molecule has 27 heavy (non-hydrogen) atoms. The minimum Gasteiger partial charge on any atom is -0.454 e. The maximum absolute atomic E-state index is 12.1. The zero-order chi connectivity index (χ0) is 19.4. The van der Waals surface area contributed by atoms with Crippen LogP contribution in [-0.4, -0.2) is 34.3 Å². The lowest BCUT2D eigenvalue weighted by atomic mass is 10.2. The van der Waals surface area contributed by atoms with Gasteiger partial charge in [-0.3, -0.25) is 13.8 Å². The fourth-order valence-corrected chi connectivity index (χ4v) is 3.39. The number of hydrogen-bond donors (Lipinski definition) is 2. The number of amides is 2. The predicted octanol–water partition coefficient (Wildman–Crippen LogP) is 2.70. The lowest BCUT2D eigenvalue weighted by Gasteiger charge is -2.08. The zero-order valence-electron chi connectivity index (χ0n) is 14.4. The van der Waals surface area contributed by atoms with Crippen molar-refractivity contribution >= 4 is 45.6 Å². The van der Waals surface area contributed by atoms with Gasteiger partial charge in [-0.2, -0.15) is 0 Å². The highest BCUT2D eigenvalue weighted by Crippen LogP contribution is 2.34. The van der Waals surface area contributed by atoms with E-state index in [1.54, 1.807) is 36.4 Å². The van der Waals surface area contributed by atoms with Crippen molar-refractivity contribution in [2.24, 2.45) is 0 Å². The molecule has 1 heterocycles. The van der Waals surface area contributed by atoms with Crippen LogP contribution in [-0.2, 0) is 20.4 Å². The van der Waals surface area contributed by atoms with Gasteiger partial charge in [0.25, 0.3) is 0 Å². The molecule has 9 heteroatoms. The molecule has 2 amide bonds. The Morgan fingerprint density at radius 2 is 1.59 bits per heavy atom. The fraction of sp³-hybridized carbons (Fsp3) is 0.222. The van der Waals surface area contributed by atoms with Crippen LogP contribution in [0.3, 0.4) is 0 Å². The summed E-state index contributed by atoms with van der Waals surface area (Å²) in [4.78, 5) is 24.0. The summed E-state index contributed by atoms with van der Waals surface area (Å²) in [6.45, 7) is 1.99.